The molecule has 1 unspecified atom stereocenters. The number of amides is 3. The first-order chi connectivity index (χ1) is 12.6. The first-order valence-corrected chi connectivity index (χ1v) is 8.86. The maximum atomic E-state index is 13.5. The van der Waals surface area contributed by atoms with E-state index in [0.29, 0.717) is 24.3 Å². The van der Waals surface area contributed by atoms with Gasteiger partial charge >= 0.3 is 6.03 Å². The number of ether oxygens (including phenoxy) is 1. The number of hydrogen-bond acceptors (Lipinski definition) is 3. The first kappa shape index (κ1) is 16.6. The number of nitrogens with one attached hydrogen (secondary N) is 1. The number of likely N-dealkylation sites (N-methyl/N-ethyl adjacent to an activating group) is 1. The molecule has 2 aliphatic rings. The van der Waals surface area contributed by atoms with Gasteiger partial charge in [-0.25, -0.2) is 4.79 Å². The maximum absolute atomic E-state index is 13.5. The van der Waals surface area contributed by atoms with Gasteiger partial charge in [0.1, 0.15) is 0 Å². The van der Waals surface area contributed by atoms with Crippen molar-refractivity contribution < 1.29 is 14.3 Å². The summed E-state index contributed by atoms with van der Waals surface area (Å²) in [5.74, 6) is -0.234. The first-order valence-electron chi connectivity index (χ1n) is 8.86. The van der Waals surface area contributed by atoms with Gasteiger partial charge in [0.15, 0.2) is 0 Å². The molecule has 1 atom stereocenters. The van der Waals surface area contributed by atoms with E-state index in [1.807, 2.05) is 62.4 Å². The van der Waals surface area contributed by atoms with Crippen LogP contribution in [-0.2, 0) is 21.9 Å². The van der Waals surface area contributed by atoms with Crippen molar-refractivity contribution in [2.45, 2.75) is 26.2 Å². The van der Waals surface area contributed by atoms with E-state index in [1.165, 1.54) is 4.90 Å². The van der Waals surface area contributed by atoms with Crippen molar-refractivity contribution in [2.24, 2.45) is 0 Å². The Labute approximate surface area is 152 Å². The molecule has 134 valence electrons. The van der Waals surface area contributed by atoms with Gasteiger partial charge in [0, 0.05) is 24.2 Å². The van der Waals surface area contributed by atoms with Gasteiger partial charge in [-0.15, -0.1) is 0 Å². The van der Waals surface area contributed by atoms with Crippen LogP contribution in [0.15, 0.2) is 48.5 Å². The molecule has 0 saturated heterocycles. The molecule has 6 heteroatoms. The molecule has 0 radical (unpaired) electrons. The fraction of sp³-hybridized carbons (Fsp3) is 0.300. The Bertz CT molecular complexity index is 882. The molecule has 6 nitrogen and oxygen atoms in total. The van der Waals surface area contributed by atoms with Crippen LogP contribution < -0.4 is 15.1 Å². The summed E-state index contributed by atoms with van der Waals surface area (Å²) < 4.78 is 6.18. The van der Waals surface area contributed by atoms with Crippen LogP contribution in [-0.4, -0.2) is 25.0 Å². The average molecular weight is 351 g/mol. The molecule has 2 aliphatic heterocycles. The second kappa shape index (κ2) is 6.14. The topological polar surface area (TPSA) is 61.9 Å². The van der Waals surface area contributed by atoms with Gasteiger partial charge in [-0.2, -0.15) is 0 Å². The van der Waals surface area contributed by atoms with Crippen LogP contribution in [0.4, 0.5) is 16.2 Å². The number of carbonyl (C=O) groups excluding carboxylic acids is 2. The van der Waals surface area contributed by atoms with E-state index in [0.717, 1.165) is 11.3 Å². The van der Waals surface area contributed by atoms with Gasteiger partial charge < -0.3 is 15.0 Å². The van der Waals surface area contributed by atoms with Gasteiger partial charge in [0.05, 0.1) is 18.0 Å². The zero-order valence-electron chi connectivity index (χ0n) is 14.9. The number of hydrogen-bond donors (Lipinski definition) is 1. The minimum atomic E-state index is -1.47. The number of benzene rings is 2. The van der Waals surface area contributed by atoms with Crippen LogP contribution >= 0.6 is 0 Å². The van der Waals surface area contributed by atoms with Crippen molar-refractivity contribution in [2.75, 3.05) is 22.9 Å². The van der Waals surface area contributed by atoms with Crippen molar-refractivity contribution >= 4 is 23.3 Å². The van der Waals surface area contributed by atoms with E-state index < -0.39 is 5.72 Å². The molecule has 0 aromatic heterocycles. The lowest BCUT2D eigenvalue weighted by atomic mass is 9.98. The number of fused-ring (bicyclic) bond motifs is 3. The Morgan fingerprint density at radius 1 is 1.12 bits per heavy atom. The highest BCUT2D eigenvalue weighted by Crippen LogP contribution is 2.50. The monoisotopic (exact) mass is 351 g/mol. The number of carbonyl (C=O) groups is 2. The van der Waals surface area contributed by atoms with E-state index in [1.54, 1.807) is 4.90 Å². The summed E-state index contributed by atoms with van der Waals surface area (Å²) in [7, 11) is 0. The lowest BCUT2D eigenvalue weighted by Gasteiger charge is -2.43. The second-order valence-corrected chi connectivity index (χ2v) is 6.30. The largest absolute Gasteiger partial charge is 0.338 e. The zero-order valence-corrected chi connectivity index (χ0v) is 14.9. The third kappa shape index (κ3) is 2.08. The van der Waals surface area contributed by atoms with Crippen LogP contribution in [0.25, 0.3) is 0 Å². The number of rotatable bonds is 2. The molecule has 0 saturated carbocycles. The summed E-state index contributed by atoms with van der Waals surface area (Å²) in [6.07, 6.45) is 0. The Balaban J connectivity index is 1.97. The molecule has 2 heterocycles. The molecule has 26 heavy (non-hydrogen) atoms. The summed E-state index contributed by atoms with van der Waals surface area (Å²) in [5.41, 5.74) is 1.59. The standard InChI is InChI=1S/C20H21N3O3/c1-3-21-19(25)23-16-11-7-5-9-14(16)13-26-20(23)15-10-6-8-12-17(15)22(4-2)18(20)24/h5-12H,3-4,13H2,1-2H3,(H,21,25). The quantitative estimate of drug-likeness (QED) is 0.905. The Morgan fingerprint density at radius 2 is 1.81 bits per heavy atom. The van der Waals surface area contributed by atoms with Crippen molar-refractivity contribution in [3.63, 3.8) is 0 Å². The lowest BCUT2D eigenvalue weighted by Crippen LogP contribution is -2.61. The third-order valence-electron chi connectivity index (χ3n) is 4.93. The zero-order chi connectivity index (χ0) is 18.3. The SMILES string of the molecule is CCNC(=O)N1c2ccccc2COC12C(=O)N(CC)c1ccccc12. The normalized spacial score (nSPS) is 20.9. The molecule has 2 aromatic carbocycles. The summed E-state index contributed by atoms with van der Waals surface area (Å²) in [5, 5.41) is 2.83. The molecule has 1 N–H and O–H groups in total. The van der Waals surface area contributed by atoms with E-state index in [4.69, 9.17) is 4.74 Å². The molecule has 0 aliphatic carbocycles. The summed E-state index contributed by atoms with van der Waals surface area (Å²) >= 11 is 0. The summed E-state index contributed by atoms with van der Waals surface area (Å²) in [6, 6.07) is 14.7. The van der Waals surface area contributed by atoms with E-state index in [9.17, 15) is 9.59 Å². The Morgan fingerprint density at radius 3 is 2.54 bits per heavy atom. The number of para-hydroxylation sites is 2. The summed E-state index contributed by atoms with van der Waals surface area (Å²) in [4.78, 5) is 29.7. The Kier molecular flexibility index (Phi) is 3.92. The number of urea groups is 1. The van der Waals surface area contributed by atoms with Crippen molar-refractivity contribution in [3.8, 4) is 0 Å². The molecular formula is C20H21N3O3. The van der Waals surface area contributed by atoms with Crippen LogP contribution in [0.2, 0.25) is 0 Å². The third-order valence-corrected chi connectivity index (χ3v) is 4.93. The highest BCUT2D eigenvalue weighted by atomic mass is 16.5. The highest BCUT2D eigenvalue weighted by Gasteiger charge is 2.60. The van der Waals surface area contributed by atoms with Crippen LogP contribution in [0, 0.1) is 0 Å². The maximum Gasteiger partial charge on any atom is 0.324 e. The molecule has 0 bridgehead atoms. The minimum Gasteiger partial charge on any atom is -0.338 e. The lowest BCUT2D eigenvalue weighted by molar-refractivity contribution is -0.146. The van der Waals surface area contributed by atoms with Crippen molar-refractivity contribution in [3.05, 3.63) is 59.7 Å². The predicted molar refractivity (Wildman–Crippen MR) is 98.9 cm³/mol. The second-order valence-electron chi connectivity index (χ2n) is 6.30. The van der Waals surface area contributed by atoms with Crippen LogP contribution in [0.1, 0.15) is 25.0 Å². The van der Waals surface area contributed by atoms with Crippen molar-refractivity contribution in [1.29, 1.82) is 0 Å². The van der Waals surface area contributed by atoms with Crippen molar-refractivity contribution in [1.82, 2.24) is 5.32 Å². The highest BCUT2D eigenvalue weighted by molar-refractivity contribution is 6.13. The van der Waals surface area contributed by atoms with Gasteiger partial charge in [0.2, 0.25) is 0 Å². The number of nitrogens with zero attached hydrogens (tertiary/aromatic N) is 2. The van der Waals surface area contributed by atoms with E-state index >= 15 is 0 Å². The van der Waals surface area contributed by atoms with Crippen LogP contribution in [0.3, 0.4) is 0 Å². The molecule has 0 fully saturated rings. The van der Waals surface area contributed by atoms with Gasteiger partial charge in [-0.3, -0.25) is 9.69 Å². The molecule has 2 aromatic rings. The van der Waals surface area contributed by atoms with E-state index in [2.05, 4.69) is 5.32 Å². The fourth-order valence-corrected chi connectivity index (χ4v) is 3.82. The average Bonchev–Trinajstić information content (AvgIpc) is 2.90. The fourth-order valence-electron chi connectivity index (χ4n) is 3.82. The minimum absolute atomic E-state index is 0.234. The summed E-state index contributed by atoms with van der Waals surface area (Å²) in [6.45, 7) is 5.00. The van der Waals surface area contributed by atoms with Gasteiger partial charge in [-0.1, -0.05) is 36.4 Å². The molecule has 3 amide bonds. The van der Waals surface area contributed by atoms with Crippen LogP contribution in [0.5, 0.6) is 0 Å². The van der Waals surface area contributed by atoms with Gasteiger partial charge in [0.25, 0.3) is 11.6 Å². The van der Waals surface area contributed by atoms with E-state index in [-0.39, 0.29) is 18.5 Å². The smallest absolute Gasteiger partial charge is 0.324 e. The molecule has 4 rings (SSSR count). The number of anilines is 2. The Hall–Kier alpha value is -2.86. The van der Waals surface area contributed by atoms with Gasteiger partial charge in [-0.05, 0) is 26.0 Å². The molecule has 1 spiro atoms. The predicted octanol–water partition coefficient (Wildman–Crippen LogP) is 2.97. The molecular weight excluding hydrogens is 330 g/mol.